The quantitative estimate of drug-likeness (QED) is 0.434. The van der Waals surface area contributed by atoms with E-state index in [1.807, 2.05) is 0 Å². The second kappa shape index (κ2) is 6.31. The van der Waals surface area contributed by atoms with Crippen LogP contribution in [0.15, 0.2) is 11.6 Å². The van der Waals surface area contributed by atoms with E-state index in [9.17, 15) is 18.0 Å². The number of nitrogens with one attached hydrogen (secondary N) is 2. The van der Waals surface area contributed by atoms with E-state index >= 15 is 0 Å². The minimum atomic E-state index is -4.82. The Morgan fingerprint density at radius 1 is 1.42 bits per heavy atom. The van der Waals surface area contributed by atoms with Crippen molar-refractivity contribution >= 4 is 22.3 Å². The summed E-state index contributed by atoms with van der Waals surface area (Å²) >= 11 is 0. The Bertz CT molecular complexity index is 672. The largest absolute Gasteiger partial charge is 0.418 e. The highest BCUT2D eigenvalue weighted by molar-refractivity contribution is 7.80. The molecule has 2 bridgehead atoms. The van der Waals surface area contributed by atoms with Crippen LogP contribution < -0.4 is 10.6 Å². The fraction of sp³-hybridized carbons (Fsp3) is 0.692. The minimum absolute atomic E-state index is 0.0491. The molecule has 3 aliphatic heterocycles. The molecule has 11 heteroatoms. The monoisotopic (exact) mass is 360 g/mol. The summed E-state index contributed by atoms with van der Waals surface area (Å²) in [7, 11) is -4.82. The Kier molecular flexibility index (Phi) is 4.51. The first kappa shape index (κ1) is 17.1. The van der Waals surface area contributed by atoms with E-state index in [4.69, 9.17) is 4.55 Å². The van der Waals surface area contributed by atoms with Gasteiger partial charge in [-0.15, -0.1) is 4.28 Å². The van der Waals surface area contributed by atoms with E-state index in [0.717, 1.165) is 25.9 Å². The maximum absolute atomic E-state index is 12.5. The molecule has 0 spiro atoms. The summed E-state index contributed by atoms with van der Waals surface area (Å²) in [6.45, 7) is 3.46. The number of amides is 3. The van der Waals surface area contributed by atoms with Gasteiger partial charge in [0.25, 0.3) is 0 Å². The average Bonchev–Trinajstić information content (AvgIpc) is 2.77. The van der Waals surface area contributed by atoms with Crippen molar-refractivity contribution in [3.8, 4) is 0 Å². The van der Waals surface area contributed by atoms with E-state index in [0.29, 0.717) is 10.6 Å². The van der Waals surface area contributed by atoms with Crippen molar-refractivity contribution < 1.29 is 26.8 Å². The lowest BCUT2D eigenvalue weighted by Crippen LogP contribution is -2.52. The van der Waals surface area contributed by atoms with Crippen molar-refractivity contribution in [2.24, 2.45) is 0 Å². The third kappa shape index (κ3) is 3.38. The van der Waals surface area contributed by atoms with E-state index in [1.165, 1.54) is 4.90 Å². The summed E-state index contributed by atoms with van der Waals surface area (Å²) in [5, 5.41) is 6.73. The van der Waals surface area contributed by atoms with Gasteiger partial charge in [0.15, 0.2) is 0 Å². The molecule has 0 aliphatic carbocycles. The Morgan fingerprint density at radius 2 is 2.08 bits per heavy atom. The van der Waals surface area contributed by atoms with Crippen molar-refractivity contribution in [2.45, 2.75) is 37.9 Å². The van der Waals surface area contributed by atoms with Crippen molar-refractivity contribution in [3.05, 3.63) is 11.6 Å². The molecule has 2 saturated heterocycles. The van der Waals surface area contributed by atoms with Gasteiger partial charge in [-0.05, 0) is 38.4 Å². The van der Waals surface area contributed by atoms with E-state index < -0.39 is 28.5 Å². The molecule has 0 radical (unpaired) electrons. The summed E-state index contributed by atoms with van der Waals surface area (Å²) in [6, 6.07) is -2.19. The molecule has 10 nitrogen and oxygen atoms in total. The lowest BCUT2D eigenvalue weighted by atomic mass is 10.00. The lowest BCUT2D eigenvalue weighted by molar-refractivity contribution is -0.124. The molecule has 2 atom stereocenters. The predicted octanol–water partition coefficient (Wildman–Crippen LogP) is -0.976. The molecule has 3 heterocycles. The summed E-state index contributed by atoms with van der Waals surface area (Å²) < 4.78 is 35.0. The van der Waals surface area contributed by atoms with Crippen LogP contribution in [0.5, 0.6) is 0 Å². The van der Waals surface area contributed by atoms with Gasteiger partial charge in [-0.3, -0.25) is 9.35 Å². The zero-order valence-corrected chi connectivity index (χ0v) is 14.0. The number of hydrogen-bond donors (Lipinski definition) is 3. The molecular formula is C13H20N4O6S. The van der Waals surface area contributed by atoms with Crippen LogP contribution in [0.1, 0.15) is 19.8 Å². The number of fused-ring (bicyclic) bond motifs is 2. The first-order valence-electron chi connectivity index (χ1n) is 7.72. The van der Waals surface area contributed by atoms with Crippen molar-refractivity contribution in [1.29, 1.82) is 0 Å². The normalized spacial score (nSPS) is 28.1. The number of carbonyl (C=O) groups is 2. The number of piperidine rings is 1. The van der Waals surface area contributed by atoms with Crippen molar-refractivity contribution in [1.82, 2.24) is 20.6 Å². The molecule has 3 N–H and O–H groups in total. The number of nitrogens with zero attached hydrogens (tertiary/aromatic N) is 2. The molecule has 0 aromatic rings. The van der Waals surface area contributed by atoms with Gasteiger partial charge in [0.2, 0.25) is 5.91 Å². The molecule has 2 unspecified atom stereocenters. The third-order valence-electron chi connectivity index (χ3n) is 4.50. The molecule has 134 valence electrons. The van der Waals surface area contributed by atoms with Crippen molar-refractivity contribution in [3.63, 3.8) is 0 Å². The average molecular weight is 360 g/mol. The van der Waals surface area contributed by atoms with Gasteiger partial charge in [-0.25, -0.2) is 4.79 Å². The summed E-state index contributed by atoms with van der Waals surface area (Å²) in [5.41, 5.74) is 0.631. The standard InChI is InChI=1S/C13H20N4O6S/c1-8-6-10(12(18)15-9-2-4-14-5-3-9)16-7-11(8)17(13(16)19)23-24(20,21)22/h6,9-11,14H,2-5,7H2,1H3,(H,15,18)(H,20,21,22). The molecule has 24 heavy (non-hydrogen) atoms. The Labute approximate surface area is 139 Å². The van der Waals surface area contributed by atoms with Gasteiger partial charge < -0.3 is 15.5 Å². The van der Waals surface area contributed by atoms with Crippen molar-refractivity contribution in [2.75, 3.05) is 19.6 Å². The van der Waals surface area contributed by atoms with Gasteiger partial charge in [0.1, 0.15) is 12.1 Å². The Hall–Kier alpha value is -1.69. The Balaban J connectivity index is 1.74. The zero-order chi connectivity index (χ0) is 17.5. The summed E-state index contributed by atoms with van der Waals surface area (Å²) in [5.74, 6) is -0.304. The fourth-order valence-corrected chi connectivity index (χ4v) is 3.64. The second-order valence-electron chi connectivity index (χ2n) is 6.17. The lowest BCUT2D eigenvalue weighted by Gasteiger charge is -2.30. The van der Waals surface area contributed by atoms with Crippen LogP contribution in [0.4, 0.5) is 4.79 Å². The highest BCUT2D eigenvalue weighted by atomic mass is 32.3. The first-order chi connectivity index (χ1) is 11.3. The van der Waals surface area contributed by atoms with Gasteiger partial charge in [0, 0.05) is 6.04 Å². The van der Waals surface area contributed by atoms with Crippen LogP contribution >= 0.6 is 0 Å². The molecule has 2 fully saturated rings. The number of hydrogen-bond acceptors (Lipinski definition) is 6. The molecule has 3 amide bonds. The fourth-order valence-electron chi connectivity index (χ4n) is 3.27. The van der Waals surface area contributed by atoms with E-state index in [1.54, 1.807) is 13.0 Å². The maximum atomic E-state index is 12.5. The molecule has 0 aromatic heterocycles. The van der Waals surface area contributed by atoms with Crippen LogP contribution in [0.25, 0.3) is 0 Å². The summed E-state index contributed by atoms with van der Waals surface area (Å²) in [4.78, 5) is 26.1. The molecule has 3 rings (SSSR count). The zero-order valence-electron chi connectivity index (χ0n) is 13.1. The maximum Gasteiger partial charge on any atom is 0.418 e. The molecule has 0 aromatic carbocycles. The minimum Gasteiger partial charge on any atom is -0.351 e. The number of hydroxylamine groups is 2. The number of carbonyl (C=O) groups excluding carboxylic acids is 2. The van der Waals surface area contributed by atoms with Gasteiger partial charge in [-0.2, -0.15) is 13.5 Å². The SMILES string of the molecule is CC1=CC(C(=O)NC2CCNCC2)N2CC1N(OS(=O)(=O)O)C2=O. The van der Waals surface area contributed by atoms with Gasteiger partial charge in [-0.1, -0.05) is 6.08 Å². The number of rotatable bonds is 4. The van der Waals surface area contributed by atoms with E-state index in [-0.39, 0.29) is 18.5 Å². The topological polar surface area (TPSA) is 128 Å². The third-order valence-corrected chi connectivity index (χ3v) is 4.85. The predicted molar refractivity (Wildman–Crippen MR) is 81.9 cm³/mol. The van der Waals surface area contributed by atoms with E-state index in [2.05, 4.69) is 14.9 Å². The molecule has 3 aliphatic rings. The van der Waals surface area contributed by atoms with Crippen LogP contribution in [0, 0.1) is 0 Å². The number of urea groups is 1. The Morgan fingerprint density at radius 3 is 2.71 bits per heavy atom. The van der Waals surface area contributed by atoms with Crippen LogP contribution in [0.3, 0.4) is 0 Å². The van der Waals surface area contributed by atoms with Crippen LogP contribution in [0.2, 0.25) is 0 Å². The second-order valence-corrected chi connectivity index (χ2v) is 7.17. The highest BCUT2D eigenvalue weighted by Gasteiger charge is 2.49. The van der Waals surface area contributed by atoms with Gasteiger partial charge >= 0.3 is 16.4 Å². The van der Waals surface area contributed by atoms with Crippen LogP contribution in [-0.2, 0) is 19.5 Å². The molecular weight excluding hydrogens is 340 g/mol. The molecule has 0 saturated carbocycles. The summed E-state index contributed by atoms with van der Waals surface area (Å²) in [6.07, 6.45) is 3.25. The highest BCUT2D eigenvalue weighted by Crippen LogP contribution is 2.30. The smallest absolute Gasteiger partial charge is 0.351 e. The van der Waals surface area contributed by atoms with Gasteiger partial charge in [0.05, 0.1) is 6.54 Å². The van der Waals surface area contributed by atoms with Crippen LogP contribution in [-0.4, -0.2) is 72.6 Å². The first-order valence-corrected chi connectivity index (χ1v) is 9.09.